The van der Waals surface area contributed by atoms with Gasteiger partial charge in [-0.15, -0.1) is 0 Å². The Morgan fingerprint density at radius 1 is 0.759 bits per heavy atom. The number of hydrogen-bond donors (Lipinski definition) is 2. The van der Waals surface area contributed by atoms with Crippen molar-refractivity contribution in [1.82, 2.24) is 14.5 Å². The van der Waals surface area contributed by atoms with Gasteiger partial charge < -0.3 is 19.8 Å². The molecule has 0 spiro atoms. The molecule has 2 N–H and O–H groups in total. The van der Waals surface area contributed by atoms with Crippen molar-refractivity contribution in [2.24, 2.45) is 0 Å². The molecule has 2 heterocycles. The van der Waals surface area contributed by atoms with Crippen molar-refractivity contribution < 1.29 is 14.3 Å². The molecule has 9 nitrogen and oxygen atoms in total. The third-order valence-corrected chi connectivity index (χ3v) is 9.74. The third-order valence-electron chi connectivity index (χ3n) is 9.74. The molecule has 1 aromatic heterocycles. The van der Waals surface area contributed by atoms with E-state index in [0.29, 0.717) is 16.8 Å². The molecule has 1 amide bonds. The Kier molecular flexibility index (Phi) is 11.0. The Morgan fingerprint density at radius 3 is 2.09 bits per heavy atom. The van der Waals surface area contributed by atoms with Crippen LogP contribution in [-0.4, -0.2) is 47.7 Å². The van der Waals surface area contributed by atoms with Crippen LogP contribution in [0.5, 0.6) is 11.5 Å². The van der Waals surface area contributed by atoms with E-state index in [-0.39, 0.29) is 34.3 Å². The van der Waals surface area contributed by atoms with Crippen molar-refractivity contribution in [1.29, 1.82) is 0 Å². The van der Waals surface area contributed by atoms with E-state index in [9.17, 15) is 14.4 Å². The van der Waals surface area contributed by atoms with Crippen LogP contribution >= 0.6 is 0 Å². The maximum atomic E-state index is 13.8. The Morgan fingerprint density at radius 2 is 1.41 bits per heavy atom. The summed E-state index contributed by atoms with van der Waals surface area (Å²) in [6, 6.07) is 38.1. The molecule has 0 saturated heterocycles. The van der Waals surface area contributed by atoms with Crippen LogP contribution in [0.1, 0.15) is 43.7 Å². The van der Waals surface area contributed by atoms with Gasteiger partial charge in [-0.2, -0.15) is 0 Å². The zero-order valence-electron chi connectivity index (χ0n) is 30.4. The second-order valence-corrected chi connectivity index (χ2v) is 13.4. The second kappa shape index (κ2) is 16.5. The predicted octanol–water partition coefficient (Wildman–Crippen LogP) is 5.11. The Hall–Kier alpha value is -6.45. The summed E-state index contributed by atoms with van der Waals surface area (Å²) in [6.07, 6.45) is 5.22. The number of carbonyl (C=O) groups is 1. The number of fused-ring (bicyclic) bond motifs is 1. The van der Waals surface area contributed by atoms with Crippen LogP contribution in [0.25, 0.3) is 12.2 Å². The molecule has 0 radical (unpaired) electrons. The van der Waals surface area contributed by atoms with E-state index in [1.807, 2.05) is 84.9 Å². The van der Waals surface area contributed by atoms with Gasteiger partial charge in [0.15, 0.2) is 11.5 Å². The van der Waals surface area contributed by atoms with Gasteiger partial charge >= 0.3 is 0 Å². The highest BCUT2D eigenvalue weighted by Gasteiger charge is 2.19. The summed E-state index contributed by atoms with van der Waals surface area (Å²) in [4.78, 5) is 45.6. The van der Waals surface area contributed by atoms with Crippen LogP contribution in [0.2, 0.25) is 0 Å². The number of rotatable bonds is 11. The normalized spacial score (nSPS) is 13.4. The number of nitrogens with one attached hydrogen (secondary N) is 2. The quantitative estimate of drug-likeness (QED) is 0.193. The van der Waals surface area contributed by atoms with Crippen molar-refractivity contribution in [2.45, 2.75) is 25.9 Å². The molecule has 0 fully saturated rings. The lowest BCUT2D eigenvalue weighted by atomic mass is 9.98. The molecule has 272 valence electrons. The molecule has 0 bridgehead atoms. The van der Waals surface area contributed by atoms with Gasteiger partial charge in [0.25, 0.3) is 17.0 Å². The number of anilines is 1. The van der Waals surface area contributed by atoms with Gasteiger partial charge in [0.1, 0.15) is 10.7 Å². The summed E-state index contributed by atoms with van der Waals surface area (Å²) in [7, 11) is 3.33. The first-order valence-electron chi connectivity index (χ1n) is 18.0. The number of H-pyrrole nitrogens is 1. The number of ether oxygens (including phenoxy) is 2. The van der Waals surface area contributed by atoms with Gasteiger partial charge in [-0.1, -0.05) is 84.9 Å². The van der Waals surface area contributed by atoms with Gasteiger partial charge in [-0.05, 0) is 94.8 Å². The molecule has 54 heavy (non-hydrogen) atoms. The average molecular weight is 719 g/mol. The minimum atomic E-state index is -0.373. The van der Waals surface area contributed by atoms with Crippen LogP contribution in [0.15, 0.2) is 131 Å². The minimum absolute atomic E-state index is 0.157. The first-order valence-corrected chi connectivity index (χ1v) is 18.0. The molecular formula is C45H42N4O5. The van der Waals surface area contributed by atoms with E-state index >= 15 is 0 Å². The molecule has 1 aliphatic rings. The number of methoxy groups -OCH3 is 2. The van der Waals surface area contributed by atoms with Gasteiger partial charge in [-0.3, -0.25) is 23.9 Å². The zero-order valence-corrected chi connectivity index (χ0v) is 30.4. The van der Waals surface area contributed by atoms with Crippen LogP contribution in [-0.2, 0) is 25.9 Å². The number of aromatic nitrogens is 2. The van der Waals surface area contributed by atoms with Crippen LogP contribution in [0.4, 0.5) is 5.69 Å². The molecule has 0 aliphatic carbocycles. The lowest BCUT2D eigenvalue weighted by Gasteiger charge is -2.29. The van der Waals surface area contributed by atoms with Crippen molar-refractivity contribution >= 4 is 23.7 Å². The lowest BCUT2D eigenvalue weighted by Crippen LogP contribution is -2.53. The molecule has 6 aromatic rings. The number of nitrogens with zero attached hydrogens (tertiary/aromatic N) is 2. The highest BCUT2D eigenvalue weighted by atomic mass is 16.5. The molecule has 0 unspecified atom stereocenters. The number of carbonyl (C=O) groups excluding carboxylic acids is 1. The topological polar surface area (TPSA) is 106 Å². The highest BCUT2D eigenvalue weighted by Crippen LogP contribution is 2.33. The summed E-state index contributed by atoms with van der Waals surface area (Å²) in [5, 5.41) is 3.40. The summed E-state index contributed by atoms with van der Waals surface area (Å²) >= 11 is 0. The SMILES string of the molecule is COc1cc2c(cc1OC)CN(CCc1ccc(NC(=O)c3ccc(/C=c4\[nH]c(=O)/c(=C/c5ccccc5)n(Cc5ccccc5)c4=O)cc3)cc1)CC2. The molecule has 0 saturated carbocycles. The molecule has 1 aliphatic heterocycles. The van der Waals surface area contributed by atoms with Gasteiger partial charge in [-0.25, -0.2) is 0 Å². The maximum Gasteiger partial charge on any atom is 0.275 e. The number of amides is 1. The van der Waals surface area contributed by atoms with E-state index in [2.05, 4.69) is 27.3 Å². The summed E-state index contributed by atoms with van der Waals surface area (Å²) in [6.45, 7) is 3.01. The summed E-state index contributed by atoms with van der Waals surface area (Å²) in [5.41, 5.74) is 6.63. The summed E-state index contributed by atoms with van der Waals surface area (Å²) in [5.74, 6) is 1.29. The fourth-order valence-corrected chi connectivity index (χ4v) is 6.76. The van der Waals surface area contributed by atoms with Crippen LogP contribution in [0.3, 0.4) is 0 Å². The first kappa shape index (κ1) is 35.9. The van der Waals surface area contributed by atoms with Crippen molar-refractivity contribution in [3.63, 3.8) is 0 Å². The first-order chi connectivity index (χ1) is 26.4. The van der Waals surface area contributed by atoms with E-state index in [1.54, 1.807) is 50.6 Å². The fourth-order valence-electron chi connectivity index (χ4n) is 6.76. The highest BCUT2D eigenvalue weighted by molar-refractivity contribution is 6.04. The Labute approximate surface area is 313 Å². The van der Waals surface area contributed by atoms with E-state index in [4.69, 9.17) is 9.47 Å². The van der Waals surface area contributed by atoms with Gasteiger partial charge in [0, 0.05) is 30.9 Å². The largest absolute Gasteiger partial charge is 0.493 e. The molecule has 5 aromatic carbocycles. The number of benzene rings is 5. The zero-order chi connectivity index (χ0) is 37.4. The van der Waals surface area contributed by atoms with Gasteiger partial charge in [0.2, 0.25) is 0 Å². The van der Waals surface area contributed by atoms with Crippen LogP contribution in [0, 0.1) is 0 Å². The smallest absolute Gasteiger partial charge is 0.275 e. The second-order valence-electron chi connectivity index (χ2n) is 13.4. The predicted molar refractivity (Wildman–Crippen MR) is 213 cm³/mol. The van der Waals surface area contributed by atoms with Crippen molar-refractivity contribution in [3.05, 3.63) is 192 Å². The standard InChI is InChI=1S/C45H42N4O5/c1-53-41-27-36-22-24-48(30-37(36)28-42(41)54-2)23-21-31-15-19-38(20-16-31)46-43(50)35-17-13-33(14-18-35)25-39-45(52)49(29-34-11-7-4-8-12-34)40(44(51)47-39)26-32-9-5-3-6-10-32/h3-20,25-28H,21-24,29-30H2,1-2H3,(H,46,50)(H,47,51)/b39-25-,40-26-. The minimum Gasteiger partial charge on any atom is -0.493 e. The van der Waals surface area contributed by atoms with E-state index in [0.717, 1.165) is 55.1 Å². The van der Waals surface area contributed by atoms with Crippen molar-refractivity contribution in [2.75, 3.05) is 32.6 Å². The number of hydrogen-bond acceptors (Lipinski definition) is 6. The fraction of sp³-hybridized carbons (Fsp3) is 0.178. The third kappa shape index (κ3) is 8.43. The van der Waals surface area contributed by atoms with Gasteiger partial charge in [0.05, 0.1) is 20.8 Å². The maximum absolute atomic E-state index is 13.8. The lowest BCUT2D eigenvalue weighted by molar-refractivity contribution is 0.102. The molecule has 9 heteroatoms. The van der Waals surface area contributed by atoms with Crippen LogP contribution < -0.4 is 36.6 Å². The summed E-state index contributed by atoms with van der Waals surface area (Å²) < 4.78 is 12.5. The Balaban J connectivity index is 1.01. The number of aromatic amines is 1. The molecule has 7 rings (SSSR count). The van der Waals surface area contributed by atoms with E-state index < -0.39 is 0 Å². The van der Waals surface area contributed by atoms with Crippen molar-refractivity contribution in [3.8, 4) is 11.5 Å². The Bertz CT molecular complexity index is 2490. The molecular weight excluding hydrogens is 677 g/mol. The van der Waals surface area contributed by atoms with E-state index in [1.165, 1.54) is 21.3 Å². The average Bonchev–Trinajstić information content (AvgIpc) is 3.21. The monoisotopic (exact) mass is 718 g/mol. The molecule has 0 atom stereocenters.